The smallest absolute Gasteiger partial charge is 0.310 e. The van der Waals surface area contributed by atoms with Crippen LogP contribution < -0.4 is 11.1 Å². The van der Waals surface area contributed by atoms with Gasteiger partial charge in [-0.15, -0.1) is 0 Å². The average molecular weight is 528 g/mol. The predicted octanol–water partition coefficient (Wildman–Crippen LogP) is 3.98. The Morgan fingerprint density at radius 3 is 2.68 bits per heavy atom. The number of esters is 1. The molecule has 1 atom stereocenters. The molecule has 3 rings (SSSR count). The Kier molecular flexibility index (Phi) is 12.1. The van der Waals surface area contributed by atoms with Crippen molar-refractivity contribution in [3.05, 3.63) is 40.6 Å². The molecule has 9 nitrogen and oxygen atoms in total. The number of carbonyl (C=O) groups excluding carboxylic acids is 1. The van der Waals surface area contributed by atoms with Crippen molar-refractivity contribution in [3.8, 4) is 5.75 Å². The van der Waals surface area contributed by atoms with Gasteiger partial charge >= 0.3 is 5.97 Å². The molecule has 9 heteroatoms. The minimum atomic E-state index is -0.280. The average Bonchev–Trinajstić information content (AvgIpc) is 3.39. The summed E-state index contributed by atoms with van der Waals surface area (Å²) >= 11 is 0. The topological polar surface area (TPSA) is 134 Å². The van der Waals surface area contributed by atoms with Gasteiger partial charge in [-0.05, 0) is 88.7 Å². The first-order chi connectivity index (χ1) is 18.4. The number of likely N-dealkylation sites (tertiary alicyclic amines) is 1. The van der Waals surface area contributed by atoms with Gasteiger partial charge in [-0.3, -0.25) is 4.79 Å². The van der Waals surface area contributed by atoms with Crippen LogP contribution in [-0.4, -0.2) is 69.9 Å². The van der Waals surface area contributed by atoms with Crippen LogP contribution in [0.4, 0.5) is 11.8 Å². The standard InChI is InChI=1S/C29H45N5O4/c1-3-9-24(10-8-16-35)32-28-25(21(2)31-29(30)33-28)20-23-12-11-22(18-26(23)36)19-27(37)38-17-7-6-15-34-13-4-5-14-34/h11-12,18,24,35-36H,3-10,13-17,19-20H2,1-2H3,(H3,30,31,32,33). The van der Waals surface area contributed by atoms with E-state index in [1.54, 1.807) is 6.07 Å². The number of nitrogens with zero attached hydrogens (tertiary/aromatic N) is 3. The second-order valence-electron chi connectivity index (χ2n) is 10.3. The fourth-order valence-corrected chi connectivity index (χ4v) is 5.02. The number of hydrogen-bond donors (Lipinski definition) is 4. The molecule has 38 heavy (non-hydrogen) atoms. The van der Waals surface area contributed by atoms with E-state index in [0.717, 1.165) is 49.9 Å². The molecule has 1 unspecified atom stereocenters. The minimum Gasteiger partial charge on any atom is -0.508 e. The third-order valence-corrected chi connectivity index (χ3v) is 7.12. The van der Waals surface area contributed by atoms with Crippen molar-refractivity contribution in [2.45, 2.75) is 84.1 Å². The fourth-order valence-electron chi connectivity index (χ4n) is 5.02. The maximum atomic E-state index is 12.3. The van der Waals surface area contributed by atoms with E-state index in [4.69, 9.17) is 10.5 Å². The lowest BCUT2D eigenvalue weighted by molar-refractivity contribution is -0.142. The lowest BCUT2D eigenvalue weighted by Crippen LogP contribution is -2.22. The summed E-state index contributed by atoms with van der Waals surface area (Å²) in [6, 6.07) is 5.47. The molecule has 2 aromatic rings. The number of ether oxygens (including phenoxy) is 1. The van der Waals surface area contributed by atoms with Gasteiger partial charge < -0.3 is 30.9 Å². The Morgan fingerprint density at radius 1 is 1.18 bits per heavy atom. The molecule has 1 aromatic heterocycles. The zero-order chi connectivity index (χ0) is 27.3. The number of rotatable bonds is 16. The monoisotopic (exact) mass is 527 g/mol. The molecule has 1 saturated heterocycles. The van der Waals surface area contributed by atoms with Crippen molar-refractivity contribution in [1.82, 2.24) is 14.9 Å². The first kappa shape index (κ1) is 29.6. The Balaban J connectivity index is 1.58. The summed E-state index contributed by atoms with van der Waals surface area (Å²) < 4.78 is 5.41. The molecule has 0 bridgehead atoms. The highest BCUT2D eigenvalue weighted by Crippen LogP contribution is 2.28. The molecule has 1 aromatic carbocycles. The van der Waals surface area contributed by atoms with Crippen LogP contribution in [0.5, 0.6) is 5.75 Å². The van der Waals surface area contributed by atoms with Gasteiger partial charge in [-0.25, -0.2) is 4.98 Å². The van der Waals surface area contributed by atoms with Crippen LogP contribution in [0, 0.1) is 6.92 Å². The first-order valence-corrected chi connectivity index (χ1v) is 14.1. The second kappa shape index (κ2) is 15.5. The van der Waals surface area contributed by atoms with E-state index in [1.165, 1.54) is 25.9 Å². The molecule has 0 amide bonds. The molecule has 0 saturated carbocycles. The highest BCUT2D eigenvalue weighted by Gasteiger charge is 2.18. The fraction of sp³-hybridized carbons (Fsp3) is 0.621. The summed E-state index contributed by atoms with van der Waals surface area (Å²) in [4.78, 5) is 23.6. The molecule has 210 valence electrons. The zero-order valence-electron chi connectivity index (χ0n) is 23.0. The highest BCUT2D eigenvalue weighted by atomic mass is 16.5. The third kappa shape index (κ3) is 9.44. The van der Waals surface area contributed by atoms with Crippen molar-refractivity contribution in [2.24, 2.45) is 0 Å². The number of anilines is 2. The number of nitrogens with one attached hydrogen (secondary N) is 1. The van der Waals surface area contributed by atoms with Crippen molar-refractivity contribution in [1.29, 1.82) is 0 Å². The number of aromatic nitrogens is 2. The van der Waals surface area contributed by atoms with E-state index in [0.29, 0.717) is 36.4 Å². The largest absolute Gasteiger partial charge is 0.508 e. The Hall–Kier alpha value is -2.91. The molecule has 2 heterocycles. The number of aromatic hydroxyl groups is 1. The summed E-state index contributed by atoms with van der Waals surface area (Å²) in [6.45, 7) is 8.03. The van der Waals surface area contributed by atoms with Crippen molar-refractivity contribution < 1.29 is 19.7 Å². The van der Waals surface area contributed by atoms with Gasteiger partial charge in [0.25, 0.3) is 0 Å². The molecule has 1 aliphatic heterocycles. The number of phenolic OH excluding ortho intramolecular Hbond substituents is 1. The van der Waals surface area contributed by atoms with Gasteiger partial charge in [-0.1, -0.05) is 25.5 Å². The van der Waals surface area contributed by atoms with Crippen LogP contribution in [-0.2, 0) is 22.4 Å². The number of phenols is 1. The van der Waals surface area contributed by atoms with Gasteiger partial charge in [0.2, 0.25) is 5.95 Å². The third-order valence-electron chi connectivity index (χ3n) is 7.12. The summed E-state index contributed by atoms with van der Waals surface area (Å²) in [6.07, 6.45) is 8.49. The summed E-state index contributed by atoms with van der Waals surface area (Å²) in [7, 11) is 0. The SMILES string of the molecule is CCCC(CCCO)Nc1nc(N)nc(C)c1Cc1ccc(CC(=O)OCCCCN2CCCC2)cc1O. The summed E-state index contributed by atoms with van der Waals surface area (Å²) in [5.41, 5.74) is 8.98. The quantitative estimate of drug-likeness (QED) is 0.189. The van der Waals surface area contributed by atoms with Gasteiger partial charge in [0.15, 0.2) is 0 Å². The van der Waals surface area contributed by atoms with E-state index in [9.17, 15) is 15.0 Å². The van der Waals surface area contributed by atoms with Crippen LogP contribution in [0.15, 0.2) is 18.2 Å². The number of benzene rings is 1. The number of carbonyl (C=O) groups is 1. The van der Waals surface area contributed by atoms with Crippen molar-refractivity contribution >= 4 is 17.7 Å². The molecule has 0 aliphatic carbocycles. The van der Waals surface area contributed by atoms with Crippen LogP contribution in [0.1, 0.15) is 80.7 Å². The van der Waals surface area contributed by atoms with Gasteiger partial charge in [0.1, 0.15) is 11.6 Å². The summed E-state index contributed by atoms with van der Waals surface area (Å²) in [5, 5.41) is 23.5. The first-order valence-electron chi connectivity index (χ1n) is 14.1. The minimum absolute atomic E-state index is 0.119. The van der Waals surface area contributed by atoms with Crippen LogP contribution in [0.25, 0.3) is 0 Å². The van der Waals surface area contributed by atoms with E-state index >= 15 is 0 Å². The maximum Gasteiger partial charge on any atom is 0.310 e. The van der Waals surface area contributed by atoms with E-state index in [1.807, 2.05) is 19.1 Å². The van der Waals surface area contributed by atoms with Crippen molar-refractivity contribution in [3.63, 3.8) is 0 Å². The van der Waals surface area contributed by atoms with E-state index in [2.05, 4.69) is 27.1 Å². The predicted molar refractivity (Wildman–Crippen MR) is 150 cm³/mol. The van der Waals surface area contributed by atoms with Crippen LogP contribution in [0.2, 0.25) is 0 Å². The number of hydrogen-bond acceptors (Lipinski definition) is 9. The molecular formula is C29H45N5O4. The van der Waals surface area contributed by atoms with Gasteiger partial charge in [0.05, 0.1) is 13.0 Å². The zero-order valence-corrected chi connectivity index (χ0v) is 23.0. The highest BCUT2D eigenvalue weighted by molar-refractivity contribution is 5.72. The Morgan fingerprint density at radius 2 is 1.97 bits per heavy atom. The lowest BCUT2D eigenvalue weighted by atomic mass is 9.99. The molecule has 0 radical (unpaired) electrons. The Labute approximate surface area is 226 Å². The molecular weight excluding hydrogens is 482 g/mol. The number of aliphatic hydroxyl groups excluding tert-OH is 1. The number of nitrogen functional groups attached to an aromatic ring is 1. The van der Waals surface area contributed by atoms with Gasteiger partial charge in [-0.2, -0.15) is 4.98 Å². The Bertz CT molecular complexity index is 1030. The molecule has 1 aliphatic rings. The summed E-state index contributed by atoms with van der Waals surface area (Å²) in [5.74, 6) is 0.689. The van der Waals surface area contributed by atoms with Crippen molar-refractivity contribution in [2.75, 3.05) is 43.9 Å². The molecule has 1 fully saturated rings. The molecule has 0 spiro atoms. The molecule has 5 N–H and O–H groups in total. The lowest BCUT2D eigenvalue weighted by Gasteiger charge is -2.21. The number of aliphatic hydroxyl groups is 1. The number of nitrogens with two attached hydrogens (primary N) is 1. The van der Waals surface area contributed by atoms with Gasteiger partial charge in [0, 0.05) is 30.3 Å². The van der Waals surface area contributed by atoms with Crippen LogP contribution >= 0.6 is 0 Å². The number of aryl methyl sites for hydroxylation is 1. The van der Waals surface area contributed by atoms with E-state index in [-0.39, 0.29) is 36.7 Å². The normalized spacial score (nSPS) is 14.5. The maximum absolute atomic E-state index is 12.3. The second-order valence-corrected chi connectivity index (χ2v) is 10.3. The van der Waals surface area contributed by atoms with Crippen LogP contribution in [0.3, 0.4) is 0 Å². The number of unbranched alkanes of at least 4 members (excludes halogenated alkanes) is 1. The van der Waals surface area contributed by atoms with E-state index < -0.39 is 0 Å².